The number of aromatic nitrogens is 2. The lowest BCUT2D eigenvalue weighted by Crippen LogP contribution is -2.27. The molecule has 0 unspecified atom stereocenters. The van der Waals surface area contributed by atoms with Crippen LogP contribution in [0.3, 0.4) is 0 Å². The van der Waals surface area contributed by atoms with Crippen molar-refractivity contribution in [2.75, 3.05) is 0 Å². The molecule has 0 aliphatic rings. The largest absolute Gasteiger partial charge is 0.350 e. The summed E-state index contributed by atoms with van der Waals surface area (Å²) in [5.41, 5.74) is 1.37. The molecule has 3 aromatic rings. The van der Waals surface area contributed by atoms with E-state index in [-0.39, 0.29) is 24.8 Å². The Kier molecular flexibility index (Phi) is 3.64. The topological polar surface area (TPSA) is 46.9 Å². The van der Waals surface area contributed by atoms with Crippen LogP contribution in [0.4, 0.5) is 4.39 Å². The van der Waals surface area contributed by atoms with E-state index in [0.717, 1.165) is 10.9 Å². The van der Waals surface area contributed by atoms with Crippen molar-refractivity contribution in [1.29, 1.82) is 0 Å². The molecule has 106 valence electrons. The molecule has 5 heteroatoms. The zero-order valence-corrected chi connectivity index (χ0v) is 11.3. The minimum Gasteiger partial charge on any atom is -0.350 e. The van der Waals surface area contributed by atoms with E-state index < -0.39 is 0 Å². The molecule has 0 saturated carbocycles. The van der Waals surface area contributed by atoms with Gasteiger partial charge in [0.1, 0.15) is 12.4 Å². The van der Waals surface area contributed by atoms with Crippen LogP contribution in [0.2, 0.25) is 0 Å². The van der Waals surface area contributed by atoms with Gasteiger partial charge in [-0.15, -0.1) is 0 Å². The summed E-state index contributed by atoms with van der Waals surface area (Å²) in [5.74, 6) is -0.519. The highest BCUT2D eigenvalue weighted by Gasteiger charge is 2.08. The fraction of sp³-hybridized carbons (Fsp3) is 0.125. The van der Waals surface area contributed by atoms with Gasteiger partial charge < -0.3 is 5.32 Å². The van der Waals surface area contributed by atoms with Crippen LogP contribution in [-0.4, -0.2) is 15.7 Å². The average Bonchev–Trinajstić information content (AvgIpc) is 2.90. The third kappa shape index (κ3) is 2.91. The number of nitrogens with one attached hydrogen (secondary N) is 1. The molecule has 1 heterocycles. The van der Waals surface area contributed by atoms with Gasteiger partial charge in [0.15, 0.2) is 0 Å². The second-order valence-electron chi connectivity index (χ2n) is 4.73. The smallest absolute Gasteiger partial charge is 0.242 e. The average molecular weight is 283 g/mol. The molecule has 0 radical (unpaired) electrons. The summed E-state index contributed by atoms with van der Waals surface area (Å²) < 4.78 is 15.1. The molecule has 0 fully saturated rings. The van der Waals surface area contributed by atoms with E-state index in [1.165, 1.54) is 6.07 Å². The Hall–Kier alpha value is -2.69. The Labute approximate surface area is 121 Å². The fourth-order valence-electron chi connectivity index (χ4n) is 2.18. The molecule has 1 N–H and O–H groups in total. The maximum atomic E-state index is 13.5. The first kappa shape index (κ1) is 13.3. The summed E-state index contributed by atoms with van der Waals surface area (Å²) in [5, 5.41) is 7.88. The van der Waals surface area contributed by atoms with Crippen molar-refractivity contribution in [3.8, 4) is 0 Å². The van der Waals surface area contributed by atoms with Crippen LogP contribution in [0, 0.1) is 5.82 Å². The number of benzene rings is 2. The van der Waals surface area contributed by atoms with Crippen molar-refractivity contribution in [2.45, 2.75) is 13.1 Å². The summed E-state index contributed by atoms with van der Waals surface area (Å²) in [4.78, 5) is 11.9. The van der Waals surface area contributed by atoms with Gasteiger partial charge in [0.25, 0.3) is 0 Å². The third-order valence-corrected chi connectivity index (χ3v) is 3.28. The number of para-hydroxylation sites is 1. The summed E-state index contributed by atoms with van der Waals surface area (Å²) in [6.07, 6.45) is 1.72. The van der Waals surface area contributed by atoms with Crippen LogP contribution in [-0.2, 0) is 17.9 Å². The second kappa shape index (κ2) is 5.75. The number of hydrogen-bond acceptors (Lipinski definition) is 2. The Morgan fingerprint density at radius 3 is 2.76 bits per heavy atom. The molecule has 21 heavy (non-hydrogen) atoms. The minimum atomic E-state index is -0.317. The van der Waals surface area contributed by atoms with Gasteiger partial charge in [0.2, 0.25) is 5.91 Å². The number of hydrogen-bond donors (Lipinski definition) is 1. The van der Waals surface area contributed by atoms with E-state index in [1.54, 1.807) is 29.1 Å². The summed E-state index contributed by atoms with van der Waals surface area (Å²) in [6, 6.07) is 14.1. The number of fused-ring (bicyclic) bond motifs is 1. The zero-order valence-electron chi connectivity index (χ0n) is 11.3. The predicted octanol–water partition coefficient (Wildman–Crippen LogP) is 2.49. The first-order valence-electron chi connectivity index (χ1n) is 6.65. The van der Waals surface area contributed by atoms with E-state index in [4.69, 9.17) is 0 Å². The molecule has 0 bridgehead atoms. The SMILES string of the molecule is O=C(Cn1ncc2ccccc21)NCc1ccccc1F. The maximum absolute atomic E-state index is 13.5. The van der Waals surface area contributed by atoms with Crippen LogP contribution in [0.1, 0.15) is 5.56 Å². The maximum Gasteiger partial charge on any atom is 0.242 e. The summed E-state index contributed by atoms with van der Waals surface area (Å²) in [7, 11) is 0. The lowest BCUT2D eigenvalue weighted by Gasteiger charge is -2.07. The van der Waals surface area contributed by atoms with Gasteiger partial charge in [-0.3, -0.25) is 9.48 Å². The molecule has 0 atom stereocenters. The first-order chi connectivity index (χ1) is 10.2. The number of carbonyl (C=O) groups excluding carboxylic acids is 1. The van der Waals surface area contributed by atoms with Crippen LogP contribution < -0.4 is 5.32 Å². The van der Waals surface area contributed by atoms with Crippen LogP contribution in [0.5, 0.6) is 0 Å². The van der Waals surface area contributed by atoms with Crippen molar-refractivity contribution in [3.05, 3.63) is 66.1 Å². The molecule has 1 amide bonds. The van der Waals surface area contributed by atoms with Crippen molar-refractivity contribution in [3.63, 3.8) is 0 Å². The van der Waals surface area contributed by atoms with Gasteiger partial charge in [0.05, 0.1) is 11.7 Å². The number of amides is 1. The van der Waals surface area contributed by atoms with E-state index in [0.29, 0.717) is 5.56 Å². The zero-order chi connectivity index (χ0) is 14.7. The van der Waals surface area contributed by atoms with Crippen molar-refractivity contribution < 1.29 is 9.18 Å². The molecule has 0 aliphatic heterocycles. The standard InChI is InChI=1S/C16H14FN3O/c17-14-7-3-1-5-12(14)9-18-16(21)11-20-15-8-4-2-6-13(15)10-19-20/h1-8,10H,9,11H2,(H,18,21). The lowest BCUT2D eigenvalue weighted by atomic mass is 10.2. The van der Waals surface area contributed by atoms with E-state index in [9.17, 15) is 9.18 Å². The van der Waals surface area contributed by atoms with E-state index in [2.05, 4.69) is 10.4 Å². The Balaban J connectivity index is 1.66. The van der Waals surface area contributed by atoms with Crippen molar-refractivity contribution >= 4 is 16.8 Å². The number of nitrogens with zero attached hydrogens (tertiary/aromatic N) is 2. The Morgan fingerprint density at radius 1 is 1.14 bits per heavy atom. The molecule has 0 spiro atoms. The molecule has 4 nitrogen and oxygen atoms in total. The van der Waals surface area contributed by atoms with Crippen molar-refractivity contribution in [2.24, 2.45) is 0 Å². The fourth-order valence-corrected chi connectivity index (χ4v) is 2.18. The highest BCUT2D eigenvalue weighted by Crippen LogP contribution is 2.12. The second-order valence-corrected chi connectivity index (χ2v) is 4.73. The van der Waals surface area contributed by atoms with Crippen molar-refractivity contribution in [1.82, 2.24) is 15.1 Å². The van der Waals surface area contributed by atoms with Crippen LogP contribution >= 0.6 is 0 Å². The van der Waals surface area contributed by atoms with Crippen LogP contribution in [0.15, 0.2) is 54.7 Å². The molecule has 1 aromatic heterocycles. The molecule has 2 aromatic carbocycles. The molecule has 3 rings (SSSR count). The number of halogens is 1. The number of carbonyl (C=O) groups is 1. The normalized spacial score (nSPS) is 10.7. The molecular weight excluding hydrogens is 269 g/mol. The lowest BCUT2D eigenvalue weighted by molar-refractivity contribution is -0.121. The summed E-state index contributed by atoms with van der Waals surface area (Å²) >= 11 is 0. The number of rotatable bonds is 4. The highest BCUT2D eigenvalue weighted by atomic mass is 19.1. The van der Waals surface area contributed by atoms with Gasteiger partial charge in [-0.25, -0.2) is 4.39 Å². The predicted molar refractivity (Wildman–Crippen MR) is 78.0 cm³/mol. The first-order valence-corrected chi connectivity index (χ1v) is 6.65. The highest BCUT2D eigenvalue weighted by molar-refractivity contribution is 5.81. The summed E-state index contributed by atoms with van der Waals surface area (Å²) in [6.45, 7) is 0.284. The quantitative estimate of drug-likeness (QED) is 0.799. The molecule has 0 aliphatic carbocycles. The monoisotopic (exact) mass is 283 g/mol. The minimum absolute atomic E-state index is 0.113. The van der Waals surface area contributed by atoms with Gasteiger partial charge in [-0.05, 0) is 12.1 Å². The van der Waals surface area contributed by atoms with E-state index in [1.807, 2.05) is 24.3 Å². The van der Waals surface area contributed by atoms with Gasteiger partial charge in [0, 0.05) is 17.5 Å². The van der Waals surface area contributed by atoms with Gasteiger partial charge >= 0.3 is 0 Å². The molecular formula is C16H14FN3O. The molecule has 0 saturated heterocycles. The Morgan fingerprint density at radius 2 is 1.90 bits per heavy atom. The van der Waals surface area contributed by atoms with Gasteiger partial charge in [-0.1, -0.05) is 36.4 Å². The Bertz CT molecular complexity index is 782. The van der Waals surface area contributed by atoms with Crippen LogP contribution in [0.25, 0.3) is 10.9 Å². The van der Waals surface area contributed by atoms with E-state index >= 15 is 0 Å². The third-order valence-electron chi connectivity index (χ3n) is 3.28. The van der Waals surface area contributed by atoms with Gasteiger partial charge in [-0.2, -0.15) is 5.10 Å².